The molecule has 84 valence electrons. The maximum atomic E-state index is 9.80. The third kappa shape index (κ3) is 1.63. The number of aliphatic hydroxyl groups excluding tert-OH is 1. The van der Waals surface area contributed by atoms with Crippen molar-refractivity contribution < 1.29 is 5.11 Å². The van der Waals surface area contributed by atoms with Crippen molar-refractivity contribution in [1.29, 1.82) is 0 Å². The summed E-state index contributed by atoms with van der Waals surface area (Å²) in [6.07, 6.45) is 4.47. The van der Waals surface area contributed by atoms with Crippen LogP contribution in [-0.4, -0.2) is 9.67 Å². The molecule has 1 aliphatic rings. The second-order valence-electron chi connectivity index (χ2n) is 4.87. The lowest BCUT2D eigenvalue weighted by molar-refractivity contribution is 0.200. The molecule has 0 saturated heterocycles. The van der Waals surface area contributed by atoms with Crippen LogP contribution in [0.5, 0.6) is 0 Å². The van der Waals surface area contributed by atoms with Gasteiger partial charge in [0.05, 0.1) is 11.6 Å². The molecule has 1 fully saturated rings. The average Bonchev–Trinajstić information content (AvgIpc) is 2.98. The third-order valence-electron chi connectivity index (χ3n) is 3.42. The highest BCUT2D eigenvalue weighted by atomic mass is 16.3. The van der Waals surface area contributed by atoms with E-state index in [1.54, 1.807) is 0 Å². The van der Waals surface area contributed by atoms with Crippen molar-refractivity contribution in [1.82, 2.24) is 4.57 Å². The summed E-state index contributed by atoms with van der Waals surface area (Å²) in [5.74, 6) is 0.859. The lowest BCUT2D eigenvalue weighted by atomic mass is 10.1. The number of nitrogens with zero attached hydrogens (tertiary/aromatic N) is 1. The lowest BCUT2D eigenvalue weighted by Crippen LogP contribution is -2.01. The Morgan fingerprint density at radius 2 is 2.19 bits per heavy atom. The van der Waals surface area contributed by atoms with E-state index in [-0.39, 0.29) is 0 Å². The minimum atomic E-state index is -0.392. The Morgan fingerprint density at radius 1 is 1.38 bits per heavy atom. The van der Waals surface area contributed by atoms with Gasteiger partial charge in [-0.1, -0.05) is 18.2 Å². The third-order valence-corrected chi connectivity index (χ3v) is 3.42. The van der Waals surface area contributed by atoms with Gasteiger partial charge >= 0.3 is 0 Å². The second-order valence-corrected chi connectivity index (χ2v) is 4.87. The zero-order chi connectivity index (χ0) is 11.1. The topological polar surface area (TPSA) is 25.2 Å². The van der Waals surface area contributed by atoms with E-state index in [4.69, 9.17) is 0 Å². The van der Waals surface area contributed by atoms with Crippen molar-refractivity contribution in [2.45, 2.75) is 32.4 Å². The van der Waals surface area contributed by atoms with Gasteiger partial charge in [-0.05, 0) is 37.1 Å². The van der Waals surface area contributed by atoms with Gasteiger partial charge < -0.3 is 9.67 Å². The first-order chi connectivity index (χ1) is 7.75. The molecule has 1 heterocycles. The maximum absolute atomic E-state index is 9.80. The molecule has 1 N–H and O–H groups in total. The molecule has 2 nitrogen and oxygen atoms in total. The Labute approximate surface area is 95.5 Å². The van der Waals surface area contributed by atoms with Crippen molar-refractivity contribution in [3.05, 3.63) is 36.0 Å². The van der Waals surface area contributed by atoms with Crippen molar-refractivity contribution in [2.24, 2.45) is 5.92 Å². The summed E-state index contributed by atoms with van der Waals surface area (Å²) >= 11 is 0. The number of hydrogen-bond donors (Lipinski definition) is 1. The van der Waals surface area contributed by atoms with Crippen LogP contribution in [-0.2, 0) is 6.54 Å². The van der Waals surface area contributed by atoms with E-state index >= 15 is 0 Å². The highest BCUT2D eigenvalue weighted by Crippen LogP contribution is 2.33. The highest BCUT2D eigenvalue weighted by Gasteiger charge is 2.22. The number of para-hydroxylation sites is 1. The minimum absolute atomic E-state index is 0.392. The van der Waals surface area contributed by atoms with Crippen LogP contribution >= 0.6 is 0 Å². The molecule has 1 aliphatic carbocycles. The predicted molar refractivity (Wildman–Crippen MR) is 65.3 cm³/mol. The summed E-state index contributed by atoms with van der Waals surface area (Å²) < 4.78 is 2.30. The molecule has 3 rings (SSSR count). The van der Waals surface area contributed by atoms with E-state index in [1.165, 1.54) is 23.7 Å². The average molecular weight is 215 g/mol. The zero-order valence-electron chi connectivity index (χ0n) is 9.56. The molecule has 1 saturated carbocycles. The zero-order valence-corrected chi connectivity index (χ0v) is 9.56. The van der Waals surface area contributed by atoms with E-state index in [9.17, 15) is 5.11 Å². The molecule has 1 unspecified atom stereocenters. The summed E-state index contributed by atoms with van der Waals surface area (Å²) in [6.45, 7) is 2.94. The van der Waals surface area contributed by atoms with E-state index in [1.807, 2.05) is 19.1 Å². The van der Waals surface area contributed by atoms with Crippen LogP contribution in [0.15, 0.2) is 30.5 Å². The number of benzene rings is 1. The standard InChI is InChI=1S/C14H17NO/c1-10(16)13-4-2-3-12-7-8-15(14(12)13)9-11-5-6-11/h2-4,7-8,10-11,16H,5-6,9H2,1H3. The largest absolute Gasteiger partial charge is 0.389 e. The van der Waals surface area contributed by atoms with Crippen LogP contribution in [0.25, 0.3) is 10.9 Å². The normalized spacial score (nSPS) is 17.9. The molecule has 0 radical (unpaired) electrons. The van der Waals surface area contributed by atoms with Crippen LogP contribution in [0, 0.1) is 5.92 Å². The number of aliphatic hydroxyl groups is 1. The number of rotatable bonds is 3. The van der Waals surface area contributed by atoms with E-state index < -0.39 is 6.10 Å². The van der Waals surface area contributed by atoms with E-state index in [0.29, 0.717) is 0 Å². The fourth-order valence-electron chi connectivity index (χ4n) is 2.36. The molecule has 2 aromatic rings. The van der Waals surface area contributed by atoms with Gasteiger partial charge in [0.25, 0.3) is 0 Å². The Hall–Kier alpha value is -1.28. The van der Waals surface area contributed by atoms with Gasteiger partial charge in [0.15, 0.2) is 0 Å². The molecule has 1 atom stereocenters. The second kappa shape index (κ2) is 3.63. The number of hydrogen-bond acceptors (Lipinski definition) is 1. The van der Waals surface area contributed by atoms with Crippen molar-refractivity contribution in [3.8, 4) is 0 Å². The molecule has 0 aliphatic heterocycles. The summed E-state index contributed by atoms with van der Waals surface area (Å²) in [5, 5.41) is 11.0. The van der Waals surface area contributed by atoms with Gasteiger partial charge in [-0.2, -0.15) is 0 Å². The van der Waals surface area contributed by atoms with Gasteiger partial charge in [0.2, 0.25) is 0 Å². The fourth-order valence-corrected chi connectivity index (χ4v) is 2.36. The molecular weight excluding hydrogens is 198 g/mol. The van der Waals surface area contributed by atoms with Crippen molar-refractivity contribution in [3.63, 3.8) is 0 Å². The summed E-state index contributed by atoms with van der Waals surface area (Å²) in [7, 11) is 0. The van der Waals surface area contributed by atoms with Gasteiger partial charge in [0.1, 0.15) is 0 Å². The predicted octanol–water partition coefficient (Wildman–Crippen LogP) is 3.10. The van der Waals surface area contributed by atoms with Crippen molar-refractivity contribution in [2.75, 3.05) is 0 Å². The van der Waals surface area contributed by atoms with E-state index in [0.717, 1.165) is 18.0 Å². The van der Waals surface area contributed by atoms with Gasteiger partial charge in [0, 0.05) is 18.3 Å². The fraction of sp³-hybridized carbons (Fsp3) is 0.429. The Morgan fingerprint density at radius 3 is 2.88 bits per heavy atom. The monoisotopic (exact) mass is 215 g/mol. The number of aromatic nitrogens is 1. The molecule has 0 bridgehead atoms. The number of fused-ring (bicyclic) bond motifs is 1. The SMILES string of the molecule is CC(O)c1cccc2ccn(CC3CC3)c12. The summed E-state index contributed by atoms with van der Waals surface area (Å²) in [5.41, 5.74) is 2.26. The first-order valence-corrected chi connectivity index (χ1v) is 6.01. The first-order valence-electron chi connectivity index (χ1n) is 6.01. The molecule has 1 aromatic carbocycles. The quantitative estimate of drug-likeness (QED) is 0.836. The van der Waals surface area contributed by atoms with Crippen molar-refractivity contribution >= 4 is 10.9 Å². The summed E-state index contributed by atoms with van der Waals surface area (Å²) in [4.78, 5) is 0. The molecule has 1 aromatic heterocycles. The molecule has 0 amide bonds. The smallest absolute Gasteiger partial charge is 0.0782 e. The van der Waals surface area contributed by atoms with Crippen LogP contribution in [0.1, 0.15) is 31.4 Å². The van der Waals surface area contributed by atoms with Gasteiger partial charge in [-0.25, -0.2) is 0 Å². The Balaban J connectivity index is 2.13. The minimum Gasteiger partial charge on any atom is -0.389 e. The van der Waals surface area contributed by atoms with Crippen LogP contribution in [0.4, 0.5) is 0 Å². The Bertz CT molecular complexity index is 508. The van der Waals surface area contributed by atoms with Crippen LogP contribution in [0.2, 0.25) is 0 Å². The highest BCUT2D eigenvalue weighted by molar-refractivity contribution is 5.83. The molecular formula is C14H17NO. The first kappa shape index (κ1) is 9.91. The molecule has 0 spiro atoms. The molecule has 16 heavy (non-hydrogen) atoms. The van der Waals surface area contributed by atoms with E-state index in [2.05, 4.69) is 22.9 Å². The van der Waals surface area contributed by atoms with Gasteiger partial charge in [-0.3, -0.25) is 0 Å². The van der Waals surface area contributed by atoms with Crippen LogP contribution < -0.4 is 0 Å². The Kier molecular flexibility index (Phi) is 2.25. The van der Waals surface area contributed by atoms with Crippen LogP contribution in [0.3, 0.4) is 0 Å². The maximum Gasteiger partial charge on any atom is 0.0782 e. The molecule has 2 heteroatoms. The van der Waals surface area contributed by atoms with Gasteiger partial charge in [-0.15, -0.1) is 0 Å². The summed E-state index contributed by atoms with van der Waals surface area (Å²) in [6, 6.07) is 8.30. The lowest BCUT2D eigenvalue weighted by Gasteiger charge is -2.11.